The minimum absolute atomic E-state index is 0.0623. The zero-order chi connectivity index (χ0) is 18.4. The van der Waals surface area contributed by atoms with E-state index in [4.69, 9.17) is 4.74 Å². The van der Waals surface area contributed by atoms with Gasteiger partial charge in [0.1, 0.15) is 11.8 Å². The van der Waals surface area contributed by atoms with Crippen molar-refractivity contribution in [2.45, 2.75) is 52.0 Å². The first-order valence-corrected chi connectivity index (χ1v) is 9.06. The summed E-state index contributed by atoms with van der Waals surface area (Å²) in [5.74, 6) is 0.863. The van der Waals surface area contributed by atoms with Gasteiger partial charge in [-0.15, -0.1) is 0 Å². The Morgan fingerprint density at radius 3 is 2.24 bits per heavy atom. The molecule has 1 saturated carbocycles. The lowest BCUT2D eigenvalue weighted by atomic mass is 9.76. The van der Waals surface area contributed by atoms with Crippen LogP contribution in [0.2, 0.25) is 0 Å². The summed E-state index contributed by atoms with van der Waals surface area (Å²) < 4.78 is 5.10. The van der Waals surface area contributed by atoms with Crippen molar-refractivity contribution in [3.05, 3.63) is 29.8 Å². The Balaban J connectivity index is 1.92. The van der Waals surface area contributed by atoms with E-state index in [-0.39, 0.29) is 18.2 Å². The van der Waals surface area contributed by atoms with Gasteiger partial charge in [-0.3, -0.25) is 4.79 Å². The number of carbonyl (C=O) groups excluding carboxylic acids is 1. The molecule has 0 radical (unpaired) electrons. The maximum absolute atomic E-state index is 12.5. The molecular weight excluding hydrogens is 318 g/mol. The normalized spacial score (nSPS) is 21.6. The van der Waals surface area contributed by atoms with E-state index in [1.807, 2.05) is 12.1 Å². The molecule has 2 N–H and O–H groups in total. The molecule has 1 atom stereocenters. The third kappa shape index (κ3) is 5.48. The second kappa shape index (κ2) is 8.88. The summed E-state index contributed by atoms with van der Waals surface area (Å²) in [6, 6.07) is 6.35. The van der Waals surface area contributed by atoms with Crippen LogP contribution < -0.4 is 10.1 Å². The Hall–Kier alpha value is -2.04. The zero-order valence-electron chi connectivity index (χ0n) is 15.3. The third-order valence-electron chi connectivity index (χ3n) is 5.30. The first-order chi connectivity index (χ1) is 11.9. The van der Waals surface area contributed by atoms with Crippen LogP contribution in [0.25, 0.3) is 0 Å². The second-order valence-electron chi connectivity index (χ2n) is 7.31. The molecule has 1 aromatic carbocycles. The maximum Gasteiger partial charge on any atom is 0.326 e. The molecular formula is C20H29NO4. The van der Waals surface area contributed by atoms with E-state index in [1.54, 1.807) is 19.2 Å². The fourth-order valence-electron chi connectivity index (χ4n) is 3.54. The summed E-state index contributed by atoms with van der Waals surface area (Å²) in [5.41, 5.74) is 0.858. The number of hydrogen-bond acceptors (Lipinski definition) is 3. The number of benzene rings is 1. The molecule has 1 amide bonds. The number of carboxylic acids is 1. The number of ether oxygens (including phenoxy) is 1. The molecule has 0 spiro atoms. The van der Waals surface area contributed by atoms with Crippen LogP contribution in [-0.4, -0.2) is 30.1 Å². The van der Waals surface area contributed by atoms with Gasteiger partial charge in [0.2, 0.25) is 5.91 Å². The first kappa shape index (κ1) is 19.3. The predicted octanol–water partition coefficient (Wildman–Crippen LogP) is 3.27. The fraction of sp³-hybridized carbons (Fsp3) is 0.600. The highest BCUT2D eigenvalue weighted by molar-refractivity contribution is 5.85. The van der Waals surface area contributed by atoms with Crippen LogP contribution in [0.1, 0.15) is 45.1 Å². The van der Waals surface area contributed by atoms with Crippen molar-refractivity contribution in [3.63, 3.8) is 0 Å². The minimum Gasteiger partial charge on any atom is -0.497 e. The lowest BCUT2D eigenvalue weighted by Gasteiger charge is -2.30. The van der Waals surface area contributed by atoms with Gasteiger partial charge in [0.25, 0.3) is 0 Å². The molecule has 2 rings (SSSR count). The van der Waals surface area contributed by atoms with Gasteiger partial charge in [-0.25, -0.2) is 4.79 Å². The molecule has 0 saturated heterocycles. The number of methoxy groups -OCH3 is 1. The quantitative estimate of drug-likeness (QED) is 0.794. The number of carboxylic acid groups (broad SMARTS) is 1. The smallest absolute Gasteiger partial charge is 0.326 e. The van der Waals surface area contributed by atoms with Gasteiger partial charge in [-0.1, -0.05) is 26.0 Å². The molecule has 1 aliphatic rings. The van der Waals surface area contributed by atoms with E-state index in [1.165, 1.54) is 0 Å². The average Bonchev–Trinajstić information content (AvgIpc) is 2.61. The van der Waals surface area contributed by atoms with Crippen molar-refractivity contribution >= 4 is 11.9 Å². The topological polar surface area (TPSA) is 75.6 Å². The molecule has 0 unspecified atom stereocenters. The Morgan fingerprint density at radius 1 is 1.16 bits per heavy atom. The van der Waals surface area contributed by atoms with E-state index in [0.29, 0.717) is 11.8 Å². The maximum atomic E-state index is 12.5. The van der Waals surface area contributed by atoms with Crippen molar-refractivity contribution in [2.75, 3.05) is 7.11 Å². The van der Waals surface area contributed by atoms with Gasteiger partial charge in [0.15, 0.2) is 0 Å². The monoisotopic (exact) mass is 347 g/mol. The second-order valence-corrected chi connectivity index (χ2v) is 7.31. The Labute approximate surface area is 149 Å². The van der Waals surface area contributed by atoms with Crippen LogP contribution in [-0.2, 0) is 16.0 Å². The van der Waals surface area contributed by atoms with E-state index in [9.17, 15) is 14.7 Å². The van der Waals surface area contributed by atoms with Gasteiger partial charge in [-0.2, -0.15) is 0 Å². The molecule has 0 bridgehead atoms. The number of nitrogens with one attached hydrogen (secondary N) is 1. The number of rotatable bonds is 7. The Morgan fingerprint density at radius 2 is 1.76 bits per heavy atom. The van der Waals surface area contributed by atoms with E-state index >= 15 is 0 Å². The van der Waals surface area contributed by atoms with Crippen LogP contribution in [0.15, 0.2) is 24.3 Å². The lowest BCUT2D eigenvalue weighted by molar-refractivity contribution is -0.142. The number of hydrogen-bond donors (Lipinski definition) is 2. The molecule has 0 heterocycles. The summed E-state index contributed by atoms with van der Waals surface area (Å²) in [7, 11) is 1.59. The van der Waals surface area contributed by atoms with Crippen molar-refractivity contribution in [2.24, 2.45) is 17.8 Å². The summed E-state index contributed by atoms with van der Waals surface area (Å²) in [6.07, 6.45) is 4.07. The van der Waals surface area contributed by atoms with Crippen molar-refractivity contribution < 1.29 is 19.4 Å². The predicted molar refractivity (Wildman–Crippen MR) is 96.6 cm³/mol. The van der Waals surface area contributed by atoms with E-state index in [2.05, 4.69) is 19.2 Å². The molecule has 1 aliphatic carbocycles. The van der Waals surface area contributed by atoms with Gasteiger partial charge in [-0.05, 0) is 55.2 Å². The highest BCUT2D eigenvalue weighted by Gasteiger charge is 2.30. The van der Waals surface area contributed by atoms with E-state index in [0.717, 1.165) is 37.0 Å². The minimum atomic E-state index is -1.000. The zero-order valence-corrected chi connectivity index (χ0v) is 15.3. The van der Waals surface area contributed by atoms with E-state index < -0.39 is 12.0 Å². The molecule has 0 aliphatic heterocycles. The Kier molecular flexibility index (Phi) is 6.85. The molecule has 0 aromatic heterocycles. The van der Waals surface area contributed by atoms with Gasteiger partial charge >= 0.3 is 5.97 Å². The molecule has 1 fully saturated rings. The molecule has 5 nitrogen and oxygen atoms in total. The molecule has 5 heteroatoms. The summed E-state index contributed by atoms with van der Waals surface area (Å²) in [6.45, 7) is 4.45. The molecule has 25 heavy (non-hydrogen) atoms. The molecule has 138 valence electrons. The third-order valence-corrected chi connectivity index (χ3v) is 5.30. The highest BCUT2D eigenvalue weighted by Crippen LogP contribution is 2.33. The van der Waals surface area contributed by atoms with Crippen molar-refractivity contribution in [1.29, 1.82) is 0 Å². The van der Waals surface area contributed by atoms with Crippen LogP contribution in [0.5, 0.6) is 5.75 Å². The van der Waals surface area contributed by atoms with Crippen LogP contribution in [0, 0.1) is 17.8 Å². The number of carbonyl (C=O) groups is 2. The SMILES string of the molecule is COc1ccc(C[C@@H](NC(=O)[C@H]2CC[C@H](C(C)C)CC2)C(=O)O)cc1. The molecule has 1 aromatic rings. The number of aliphatic carboxylic acids is 1. The van der Waals surface area contributed by atoms with Gasteiger partial charge in [0, 0.05) is 12.3 Å². The fourth-order valence-corrected chi connectivity index (χ4v) is 3.54. The van der Waals surface area contributed by atoms with Gasteiger partial charge in [0.05, 0.1) is 7.11 Å². The first-order valence-electron chi connectivity index (χ1n) is 9.06. The average molecular weight is 347 g/mol. The Bertz CT molecular complexity index is 574. The largest absolute Gasteiger partial charge is 0.497 e. The van der Waals surface area contributed by atoms with Crippen LogP contribution in [0.3, 0.4) is 0 Å². The van der Waals surface area contributed by atoms with Crippen molar-refractivity contribution in [3.8, 4) is 5.75 Å². The summed E-state index contributed by atoms with van der Waals surface area (Å²) in [5, 5.41) is 12.2. The summed E-state index contributed by atoms with van der Waals surface area (Å²) in [4.78, 5) is 24.0. The van der Waals surface area contributed by atoms with Gasteiger partial charge < -0.3 is 15.2 Å². The van der Waals surface area contributed by atoms with Crippen LogP contribution in [0.4, 0.5) is 0 Å². The van der Waals surface area contributed by atoms with Crippen LogP contribution >= 0.6 is 0 Å². The lowest BCUT2D eigenvalue weighted by Crippen LogP contribution is -2.45. The highest BCUT2D eigenvalue weighted by atomic mass is 16.5. The summed E-state index contributed by atoms with van der Waals surface area (Å²) >= 11 is 0. The van der Waals surface area contributed by atoms with Crippen molar-refractivity contribution in [1.82, 2.24) is 5.32 Å². The standard InChI is InChI=1S/C20H29NO4/c1-13(2)15-6-8-16(9-7-15)19(22)21-18(20(23)24)12-14-4-10-17(25-3)11-5-14/h4-5,10-11,13,15-16,18H,6-9,12H2,1-3H3,(H,21,22)(H,23,24)/t15-,16-,18-/m1/s1. The number of amides is 1.